The molecule has 0 saturated heterocycles. The first-order valence-corrected chi connectivity index (χ1v) is 5.03. The fourth-order valence-corrected chi connectivity index (χ4v) is 1.80. The molecule has 0 heterocycles. The highest BCUT2D eigenvalue weighted by atomic mass is 35.5. The van der Waals surface area contributed by atoms with E-state index in [0.29, 0.717) is 0 Å². The zero-order valence-electron chi connectivity index (χ0n) is 7.97. The first-order chi connectivity index (χ1) is 7.08. The van der Waals surface area contributed by atoms with Crippen molar-refractivity contribution in [1.82, 2.24) is 0 Å². The molecule has 1 aliphatic rings. The molecule has 1 aromatic rings. The maximum atomic E-state index is 9.72. The SMILES string of the molecule is C.OC1=CC(O)(Cl)C=CC1c1ccccc1. The van der Waals surface area contributed by atoms with Crippen LogP contribution in [0.15, 0.2) is 54.3 Å². The highest BCUT2D eigenvalue weighted by molar-refractivity contribution is 6.25. The summed E-state index contributed by atoms with van der Waals surface area (Å²) in [5.41, 5.74) is 0.967. The van der Waals surface area contributed by atoms with Crippen LogP contribution in [0.4, 0.5) is 0 Å². The van der Waals surface area contributed by atoms with Gasteiger partial charge in [-0.05, 0) is 11.6 Å². The Morgan fingerprint density at radius 3 is 2.38 bits per heavy atom. The number of aliphatic hydroxyl groups excluding tert-OH is 1. The number of rotatable bonds is 1. The second kappa shape index (κ2) is 4.73. The van der Waals surface area contributed by atoms with Crippen molar-refractivity contribution in [1.29, 1.82) is 0 Å². The van der Waals surface area contributed by atoms with Crippen molar-refractivity contribution in [3.05, 3.63) is 59.9 Å². The highest BCUT2D eigenvalue weighted by Gasteiger charge is 2.26. The van der Waals surface area contributed by atoms with Crippen LogP contribution in [-0.4, -0.2) is 15.3 Å². The summed E-state index contributed by atoms with van der Waals surface area (Å²) >= 11 is 5.65. The van der Waals surface area contributed by atoms with E-state index in [2.05, 4.69) is 0 Å². The molecule has 2 N–H and O–H groups in total. The molecule has 0 radical (unpaired) electrons. The van der Waals surface area contributed by atoms with Gasteiger partial charge in [0.25, 0.3) is 0 Å². The van der Waals surface area contributed by atoms with E-state index in [1.165, 1.54) is 12.2 Å². The molecule has 2 nitrogen and oxygen atoms in total. The van der Waals surface area contributed by atoms with Gasteiger partial charge in [0.2, 0.25) is 0 Å². The second-order valence-electron chi connectivity index (χ2n) is 3.54. The van der Waals surface area contributed by atoms with Crippen molar-refractivity contribution in [3.8, 4) is 0 Å². The van der Waals surface area contributed by atoms with E-state index < -0.39 is 5.06 Å². The van der Waals surface area contributed by atoms with Gasteiger partial charge in [-0.3, -0.25) is 0 Å². The number of allylic oxidation sites excluding steroid dienone is 1. The zero-order valence-corrected chi connectivity index (χ0v) is 8.72. The summed E-state index contributed by atoms with van der Waals surface area (Å²) in [5, 5.41) is 17.6. The number of alkyl halides is 1. The monoisotopic (exact) mass is 238 g/mol. The lowest BCUT2D eigenvalue weighted by Crippen LogP contribution is -2.19. The summed E-state index contributed by atoms with van der Waals surface area (Å²) in [4.78, 5) is 0. The Kier molecular flexibility index (Phi) is 3.79. The lowest BCUT2D eigenvalue weighted by Gasteiger charge is -2.22. The van der Waals surface area contributed by atoms with E-state index in [0.717, 1.165) is 5.56 Å². The lowest BCUT2D eigenvalue weighted by molar-refractivity contribution is 0.216. The Labute approximate surface area is 100 Å². The number of aliphatic hydroxyl groups is 2. The highest BCUT2D eigenvalue weighted by Crippen LogP contribution is 2.32. The van der Waals surface area contributed by atoms with Gasteiger partial charge in [0.05, 0.1) is 5.92 Å². The van der Waals surface area contributed by atoms with Crippen LogP contribution in [0.5, 0.6) is 0 Å². The molecule has 2 unspecified atom stereocenters. The minimum Gasteiger partial charge on any atom is -0.511 e. The molecule has 86 valence electrons. The van der Waals surface area contributed by atoms with Gasteiger partial charge in [0.15, 0.2) is 5.06 Å². The minimum absolute atomic E-state index is 0. The third-order valence-electron chi connectivity index (χ3n) is 2.35. The fraction of sp³-hybridized carbons (Fsp3) is 0.231. The van der Waals surface area contributed by atoms with Crippen LogP contribution in [0.1, 0.15) is 18.9 Å². The lowest BCUT2D eigenvalue weighted by atomic mass is 9.92. The van der Waals surface area contributed by atoms with Crippen LogP contribution in [0.2, 0.25) is 0 Å². The second-order valence-corrected chi connectivity index (χ2v) is 4.15. The average Bonchev–Trinajstić information content (AvgIpc) is 2.17. The molecule has 0 aliphatic heterocycles. The van der Waals surface area contributed by atoms with Crippen molar-refractivity contribution in [2.24, 2.45) is 0 Å². The third-order valence-corrected chi connectivity index (χ3v) is 2.59. The molecular weight excluding hydrogens is 224 g/mol. The first kappa shape index (κ1) is 12.8. The molecule has 1 aromatic carbocycles. The molecule has 16 heavy (non-hydrogen) atoms. The maximum Gasteiger partial charge on any atom is 0.180 e. The van der Waals surface area contributed by atoms with Gasteiger partial charge < -0.3 is 10.2 Å². The number of benzene rings is 1. The standard InChI is InChI=1S/C12H11ClO2.CH4/c13-12(15)7-6-10(11(14)8-12)9-4-2-1-3-5-9;/h1-8,10,14-15H;1H4. The summed E-state index contributed by atoms with van der Waals surface area (Å²) in [6.45, 7) is 0. The molecule has 1 aliphatic carbocycles. The predicted octanol–water partition coefficient (Wildman–Crippen LogP) is 3.35. The van der Waals surface area contributed by atoms with Crippen molar-refractivity contribution in [2.75, 3.05) is 0 Å². The van der Waals surface area contributed by atoms with Crippen LogP contribution in [0.3, 0.4) is 0 Å². The van der Waals surface area contributed by atoms with Gasteiger partial charge in [0.1, 0.15) is 5.76 Å². The largest absolute Gasteiger partial charge is 0.511 e. The van der Waals surface area contributed by atoms with Crippen LogP contribution in [-0.2, 0) is 0 Å². The summed E-state index contributed by atoms with van der Waals surface area (Å²) in [7, 11) is 0. The van der Waals surface area contributed by atoms with Gasteiger partial charge in [-0.2, -0.15) is 0 Å². The maximum absolute atomic E-state index is 9.72. The van der Waals surface area contributed by atoms with E-state index in [4.69, 9.17) is 11.6 Å². The summed E-state index contributed by atoms with van der Waals surface area (Å²) < 4.78 is 0. The Morgan fingerprint density at radius 1 is 1.19 bits per heavy atom. The molecule has 3 heteroatoms. The molecular formula is C13H15ClO2. The summed E-state index contributed by atoms with van der Waals surface area (Å²) in [6.07, 6.45) is 4.40. The van der Waals surface area contributed by atoms with Crippen LogP contribution >= 0.6 is 11.6 Å². The van der Waals surface area contributed by atoms with Gasteiger partial charge in [-0.25, -0.2) is 0 Å². The Balaban J connectivity index is 0.00000128. The van der Waals surface area contributed by atoms with Crippen LogP contribution in [0, 0.1) is 0 Å². The number of halogens is 1. The zero-order chi connectivity index (χ0) is 10.9. The van der Waals surface area contributed by atoms with Crippen molar-refractivity contribution in [3.63, 3.8) is 0 Å². The van der Waals surface area contributed by atoms with Gasteiger partial charge >= 0.3 is 0 Å². The molecule has 0 amide bonds. The smallest absolute Gasteiger partial charge is 0.180 e. The Bertz CT molecular complexity index is 407. The van der Waals surface area contributed by atoms with Crippen LogP contribution < -0.4 is 0 Å². The molecule has 0 spiro atoms. The molecule has 2 atom stereocenters. The molecule has 0 fully saturated rings. The Morgan fingerprint density at radius 2 is 1.81 bits per heavy atom. The van der Waals surface area contributed by atoms with E-state index in [-0.39, 0.29) is 19.1 Å². The van der Waals surface area contributed by atoms with E-state index in [1.54, 1.807) is 6.08 Å². The van der Waals surface area contributed by atoms with E-state index >= 15 is 0 Å². The van der Waals surface area contributed by atoms with Gasteiger partial charge in [-0.15, -0.1) is 0 Å². The average molecular weight is 239 g/mol. The predicted molar refractivity (Wildman–Crippen MR) is 66.6 cm³/mol. The topological polar surface area (TPSA) is 40.5 Å². The first-order valence-electron chi connectivity index (χ1n) is 4.66. The third kappa shape index (κ3) is 2.65. The molecule has 0 saturated carbocycles. The molecule has 0 aromatic heterocycles. The van der Waals surface area contributed by atoms with Gasteiger partial charge in [-0.1, -0.05) is 55.4 Å². The number of hydrogen-bond acceptors (Lipinski definition) is 2. The van der Waals surface area contributed by atoms with Crippen molar-refractivity contribution >= 4 is 11.6 Å². The van der Waals surface area contributed by atoms with Crippen molar-refractivity contribution < 1.29 is 10.2 Å². The van der Waals surface area contributed by atoms with Crippen molar-refractivity contribution in [2.45, 2.75) is 18.4 Å². The summed E-state index contributed by atoms with van der Waals surface area (Å²) in [6, 6.07) is 9.54. The fourth-order valence-electron chi connectivity index (χ4n) is 1.62. The van der Waals surface area contributed by atoms with Gasteiger partial charge in [0, 0.05) is 6.08 Å². The number of hydrogen-bond donors (Lipinski definition) is 2. The molecule has 0 bridgehead atoms. The Hall–Kier alpha value is -1.25. The summed E-state index contributed by atoms with van der Waals surface area (Å²) in [5.74, 6) is -0.147. The van der Waals surface area contributed by atoms with E-state index in [9.17, 15) is 10.2 Å². The van der Waals surface area contributed by atoms with E-state index in [1.807, 2.05) is 30.3 Å². The quantitative estimate of drug-likeness (QED) is 0.582. The van der Waals surface area contributed by atoms with Crippen LogP contribution in [0.25, 0.3) is 0 Å². The minimum atomic E-state index is -1.56. The molecule has 2 rings (SSSR count). The normalized spacial score (nSPS) is 28.1.